The van der Waals surface area contributed by atoms with Crippen LogP contribution in [0.15, 0.2) is 16.5 Å². The molecule has 0 spiro atoms. The van der Waals surface area contributed by atoms with Gasteiger partial charge >= 0.3 is 0 Å². The summed E-state index contributed by atoms with van der Waals surface area (Å²) in [5, 5.41) is 7.69. The first kappa shape index (κ1) is 11.9. The number of hydrogen-bond donors (Lipinski definition) is 1. The third-order valence-corrected chi connectivity index (χ3v) is 2.97. The molecule has 0 bridgehead atoms. The molecule has 0 aliphatic rings. The van der Waals surface area contributed by atoms with Crippen LogP contribution in [0.25, 0.3) is 11.5 Å². The zero-order chi connectivity index (χ0) is 12.4. The Bertz CT molecular complexity index is 511. The summed E-state index contributed by atoms with van der Waals surface area (Å²) in [7, 11) is 3.91. The van der Waals surface area contributed by atoms with Gasteiger partial charge in [-0.15, -0.1) is 0 Å². The van der Waals surface area contributed by atoms with Crippen molar-refractivity contribution in [2.45, 2.75) is 20.3 Å². The highest BCUT2D eigenvalue weighted by molar-refractivity contribution is 5.59. The molecule has 4 heteroatoms. The highest BCUT2D eigenvalue weighted by Gasteiger charge is 2.15. The average molecular weight is 233 g/mol. The Balaban J connectivity index is 2.37. The second-order valence-corrected chi connectivity index (χ2v) is 4.31. The smallest absolute Gasteiger partial charge is 0.152 e. The lowest BCUT2D eigenvalue weighted by molar-refractivity contribution is 0.541. The Morgan fingerprint density at radius 1 is 1.35 bits per heavy atom. The van der Waals surface area contributed by atoms with Crippen LogP contribution >= 0.6 is 0 Å². The molecule has 17 heavy (non-hydrogen) atoms. The number of hydrogen-bond acceptors (Lipinski definition) is 3. The van der Waals surface area contributed by atoms with Crippen LogP contribution in [0, 0.1) is 13.8 Å². The number of aromatic nitrogens is 2. The van der Waals surface area contributed by atoms with E-state index in [4.69, 9.17) is 4.42 Å². The second kappa shape index (κ2) is 4.75. The lowest BCUT2D eigenvalue weighted by atomic mass is 10.1. The van der Waals surface area contributed by atoms with Crippen LogP contribution < -0.4 is 5.32 Å². The van der Waals surface area contributed by atoms with Gasteiger partial charge in [0.2, 0.25) is 0 Å². The van der Waals surface area contributed by atoms with Crippen LogP contribution in [0.2, 0.25) is 0 Å². The first-order valence-electron chi connectivity index (χ1n) is 5.87. The Hall–Kier alpha value is -1.55. The van der Waals surface area contributed by atoms with Gasteiger partial charge in [0.25, 0.3) is 0 Å². The number of nitrogens with zero attached hydrogens (tertiary/aromatic N) is 2. The number of nitrogens with one attached hydrogen (secondary N) is 1. The highest BCUT2D eigenvalue weighted by Crippen LogP contribution is 2.26. The second-order valence-electron chi connectivity index (χ2n) is 4.31. The van der Waals surface area contributed by atoms with Crippen LogP contribution in [-0.4, -0.2) is 23.4 Å². The van der Waals surface area contributed by atoms with Crippen molar-refractivity contribution in [3.63, 3.8) is 0 Å². The normalized spacial score (nSPS) is 11.1. The molecule has 2 aromatic rings. The molecule has 0 atom stereocenters. The molecule has 0 fully saturated rings. The summed E-state index contributed by atoms with van der Waals surface area (Å²) >= 11 is 0. The Labute approximate surface area is 102 Å². The van der Waals surface area contributed by atoms with E-state index < -0.39 is 0 Å². The predicted molar refractivity (Wildman–Crippen MR) is 68.0 cm³/mol. The minimum Gasteiger partial charge on any atom is -0.460 e. The molecule has 0 aromatic carbocycles. The standard InChI is InChI=1S/C13H19N3O/c1-9-5-6-12(17-9)13-10(2)11(7-8-14-3)15-16(13)4/h5-6,14H,7-8H2,1-4H3. The summed E-state index contributed by atoms with van der Waals surface area (Å²) in [6.45, 7) is 5.00. The van der Waals surface area contributed by atoms with Gasteiger partial charge in [0.05, 0.1) is 5.69 Å². The first-order valence-corrected chi connectivity index (χ1v) is 5.87. The fourth-order valence-electron chi connectivity index (χ4n) is 2.07. The van der Waals surface area contributed by atoms with Gasteiger partial charge in [0.1, 0.15) is 11.5 Å². The molecule has 92 valence electrons. The molecule has 2 aromatic heterocycles. The molecule has 2 rings (SSSR count). The van der Waals surface area contributed by atoms with Crippen LogP contribution in [0.4, 0.5) is 0 Å². The van der Waals surface area contributed by atoms with Gasteiger partial charge in [-0.05, 0) is 33.0 Å². The third-order valence-electron chi connectivity index (χ3n) is 2.97. The number of aryl methyl sites for hydroxylation is 2. The minimum atomic E-state index is 0.894. The quantitative estimate of drug-likeness (QED) is 0.879. The molecule has 1 N–H and O–H groups in total. The largest absolute Gasteiger partial charge is 0.460 e. The molecule has 0 radical (unpaired) electrons. The van der Waals surface area contributed by atoms with Gasteiger partial charge in [-0.1, -0.05) is 0 Å². The maximum absolute atomic E-state index is 5.67. The molecular weight excluding hydrogens is 214 g/mol. The van der Waals surface area contributed by atoms with Gasteiger partial charge < -0.3 is 9.73 Å². The lowest BCUT2D eigenvalue weighted by Crippen LogP contribution is -2.11. The van der Waals surface area contributed by atoms with Crippen molar-refractivity contribution >= 4 is 0 Å². The van der Waals surface area contributed by atoms with Crippen LogP contribution in [0.3, 0.4) is 0 Å². The van der Waals surface area contributed by atoms with Crippen molar-refractivity contribution < 1.29 is 4.42 Å². The Kier molecular flexibility index (Phi) is 3.33. The van der Waals surface area contributed by atoms with E-state index in [-0.39, 0.29) is 0 Å². The van der Waals surface area contributed by atoms with Gasteiger partial charge in [0, 0.05) is 25.6 Å². The monoisotopic (exact) mass is 233 g/mol. The zero-order valence-corrected chi connectivity index (χ0v) is 10.9. The fourth-order valence-corrected chi connectivity index (χ4v) is 2.07. The van der Waals surface area contributed by atoms with E-state index in [0.29, 0.717) is 0 Å². The molecule has 4 nitrogen and oxygen atoms in total. The summed E-state index contributed by atoms with van der Waals surface area (Å²) in [6, 6.07) is 3.98. The molecule has 0 aliphatic heterocycles. The van der Waals surface area contributed by atoms with E-state index in [9.17, 15) is 0 Å². The summed E-state index contributed by atoms with van der Waals surface area (Å²) in [5.41, 5.74) is 3.41. The van der Waals surface area contributed by atoms with E-state index in [1.807, 2.05) is 37.8 Å². The van der Waals surface area contributed by atoms with E-state index in [0.717, 1.165) is 35.9 Å². The van der Waals surface area contributed by atoms with Crippen molar-refractivity contribution in [1.82, 2.24) is 15.1 Å². The van der Waals surface area contributed by atoms with Gasteiger partial charge in [-0.2, -0.15) is 5.10 Å². The molecule has 0 unspecified atom stereocenters. The summed E-state index contributed by atoms with van der Waals surface area (Å²) in [4.78, 5) is 0. The van der Waals surface area contributed by atoms with Crippen molar-refractivity contribution in [2.24, 2.45) is 7.05 Å². The van der Waals surface area contributed by atoms with Crippen molar-refractivity contribution in [3.05, 3.63) is 29.2 Å². The van der Waals surface area contributed by atoms with Crippen LogP contribution in [-0.2, 0) is 13.5 Å². The van der Waals surface area contributed by atoms with Crippen LogP contribution in [0.5, 0.6) is 0 Å². The van der Waals surface area contributed by atoms with E-state index >= 15 is 0 Å². The summed E-state index contributed by atoms with van der Waals surface area (Å²) in [6.07, 6.45) is 0.940. The molecular formula is C13H19N3O. The first-order chi connectivity index (χ1) is 8.13. The number of furan rings is 1. The topological polar surface area (TPSA) is 43.0 Å². The molecule has 0 saturated heterocycles. The molecule has 0 saturated carbocycles. The van der Waals surface area contributed by atoms with Crippen LogP contribution in [0.1, 0.15) is 17.0 Å². The number of rotatable bonds is 4. The van der Waals surface area contributed by atoms with Gasteiger partial charge in [-0.3, -0.25) is 4.68 Å². The van der Waals surface area contributed by atoms with E-state index in [2.05, 4.69) is 17.3 Å². The van der Waals surface area contributed by atoms with Crippen molar-refractivity contribution in [2.75, 3.05) is 13.6 Å². The Morgan fingerprint density at radius 2 is 2.12 bits per heavy atom. The zero-order valence-electron chi connectivity index (χ0n) is 10.9. The van der Waals surface area contributed by atoms with E-state index in [1.165, 1.54) is 5.56 Å². The van der Waals surface area contributed by atoms with E-state index in [1.54, 1.807) is 0 Å². The fraction of sp³-hybridized carbons (Fsp3) is 0.462. The molecule has 2 heterocycles. The SMILES string of the molecule is CNCCc1nn(C)c(-c2ccc(C)o2)c1C. The summed E-state index contributed by atoms with van der Waals surface area (Å²) in [5.74, 6) is 1.82. The molecule has 0 aliphatic carbocycles. The van der Waals surface area contributed by atoms with Gasteiger partial charge in [-0.25, -0.2) is 0 Å². The highest BCUT2D eigenvalue weighted by atomic mass is 16.3. The minimum absolute atomic E-state index is 0.894. The maximum Gasteiger partial charge on any atom is 0.152 e. The third kappa shape index (κ3) is 2.26. The van der Waals surface area contributed by atoms with Gasteiger partial charge in [0.15, 0.2) is 5.76 Å². The van der Waals surface area contributed by atoms with Crippen molar-refractivity contribution in [1.29, 1.82) is 0 Å². The Morgan fingerprint density at radius 3 is 2.71 bits per heavy atom. The lowest BCUT2D eigenvalue weighted by Gasteiger charge is -1.99. The predicted octanol–water partition coefficient (Wildman–Crippen LogP) is 2.06. The summed E-state index contributed by atoms with van der Waals surface area (Å²) < 4.78 is 7.57. The maximum atomic E-state index is 5.67. The van der Waals surface area contributed by atoms with Crippen molar-refractivity contribution in [3.8, 4) is 11.5 Å². The number of likely N-dealkylation sites (N-methyl/N-ethyl adjacent to an activating group) is 1. The average Bonchev–Trinajstić information content (AvgIpc) is 2.81. The molecule has 0 amide bonds.